The number of nitrogens with zero attached hydrogens (tertiary/aromatic N) is 3. The molecule has 10 heteroatoms. The third-order valence-corrected chi connectivity index (χ3v) is 5.05. The number of benzene rings is 2. The van der Waals surface area contributed by atoms with Gasteiger partial charge in [-0.15, -0.1) is 4.37 Å². The smallest absolute Gasteiger partial charge is 0.270 e. The number of hydrogen-bond acceptors (Lipinski definition) is 10. The number of aliphatic hydroxyl groups is 1. The molecular weight excluding hydrogens is 468 g/mol. The fourth-order valence-electron chi connectivity index (χ4n) is 2.75. The number of nitrogens with one attached hydrogen (secondary N) is 1. The second-order valence-electron chi connectivity index (χ2n) is 8.76. The molecular formula is C25H36N4O5S. The molecule has 1 fully saturated rings. The molecule has 192 valence electrons. The summed E-state index contributed by atoms with van der Waals surface area (Å²) in [7, 11) is 0. The van der Waals surface area contributed by atoms with E-state index in [4.69, 9.17) is 19.7 Å². The summed E-state index contributed by atoms with van der Waals surface area (Å²) in [5, 5.41) is 30.5. The first-order valence-corrected chi connectivity index (χ1v) is 12.2. The van der Waals surface area contributed by atoms with E-state index in [1.165, 1.54) is 0 Å². The van der Waals surface area contributed by atoms with Gasteiger partial charge in [0.1, 0.15) is 24.2 Å². The first-order chi connectivity index (χ1) is 16.7. The van der Waals surface area contributed by atoms with Crippen molar-refractivity contribution >= 4 is 17.5 Å². The summed E-state index contributed by atoms with van der Waals surface area (Å²) in [6.07, 6.45) is -0.580. The van der Waals surface area contributed by atoms with E-state index in [-0.39, 0.29) is 12.1 Å². The number of anilines is 1. The molecule has 1 atom stereocenters. The summed E-state index contributed by atoms with van der Waals surface area (Å²) in [5.74, 6) is 1.89. The number of aromatic hydroxyl groups is 2. The second kappa shape index (κ2) is 15.2. The average molecular weight is 505 g/mol. The van der Waals surface area contributed by atoms with E-state index in [0.29, 0.717) is 37.1 Å². The highest BCUT2D eigenvalue weighted by Gasteiger charge is 2.21. The minimum Gasteiger partial charge on any atom is -0.508 e. The van der Waals surface area contributed by atoms with Gasteiger partial charge in [0, 0.05) is 25.2 Å². The number of β-amino-alcohol motifs (C(OH)–C–C–N with tert-alkyl or cyclic N) is 1. The van der Waals surface area contributed by atoms with Gasteiger partial charge >= 0.3 is 0 Å². The molecule has 0 unspecified atom stereocenters. The molecule has 1 aliphatic heterocycles. The highest BCUT2D eigenvalue weighted by Crippen LogP contribution is 2.26. The molecule has 0 bridgehead atoms. The van der Waals surface area contributed by atoms with E-state index >= 15 is 0 Å². The van der Waals surface area contributed by atoms with Gasteiger partial charge in [0.15, 0.2) is 0 Å². The van der Waals surface area contributed by atoms with Crippen molar-refractivity contribution in [2.75, 3.05) is 44.4 Å². The van der Waals surface area contributed by atoms with Crippen LogP contribution in [0.1, 0.15) is 20.8 Å². The largest absolute Gasteiger partial charge is 0.508 e. The lowest BCUT2D eigenvalue weighted by molar-refractivity contribution is 0.0975. The number of phenolic OH excluding ortho intramolecular Hbond substituents is 2. The molecule has 4 rings (SSSR count). The summed E-state index contributed by atoms with van der Waals surface area (Å²) >= 11 is 1.12. The number of para-hydroxylation sites is 2. The van der Waals surface area contributed by atoms with Gasteiger partial charge in [-0.1, -0.05) is 36.4 Å². The molecule has 35 heavy (non-hydrogen) atoms. The number of aliphatic hydroxyl groups excluding tert-OH is 1. The van der Waals surface area contributed by atoms with Crippen molar-refractivity contribution in [2.24, 2.45) is 0 Å². The molecule has 2 aromatic carbocycles. The minimum atomic E-state index is -0.580. The van der Waals surface area contributed by atoms with Crippen LogP contribution < -0.4 is 15.0 Å². The van der Waals surface area contributed by atoms with Gasteiger partial charge in [0.05, 0.1) is 24.9 Å². The number of ether oxygens (including phenoxy) is 2. The van der Waals surface area contributed by atoms with E-state index in [1.807, 2.05) is 12.1 Å². The fourth-order valence-corrected chi connectivity index (χ4v) is 3.27. The molecule has 0 radical (unpaired) electrons. The van der Waals surface area contributed by atoms with Crippen LogP contribution in [0.5, 0.6) is 17.4 Å². The number of rotatable bonds is 6. The van der Waals surface area contributed by atoms with Crippen LogP contribution in [0.3, 0.4) is 0 Å². The number of aromatic nitrogens is 2. The molecule has 0 saturated carbocycles. The maximum absolute atomic E-state index is 9.95. The molecule has 9 nitrogen and oxygen atoms in total. The topological polar surface area (TPSA) is 120 Å². The van der Waals surface area contributed by atoms with E-state index in [2.05, 4.69) is 39.7 Å². The first-order valence-electron chi connectivity index (χ1n) is 11.4. The quantitative estimate of drug-likeness (QED) is 0.401. The summed E-state index contributed by atoms with van der Waals surface area (Å²) in [6.45, 7) is 9.81. The Balaban J connectivity index is 0.000000249. The molecule has 3 aromatic rings. The van der Waals surface area contributed by atoms with Crippen LogP contribution in [0.2, 0.25) is 0 Å². The van der Waals surface area contributed by atoms with Gasteiger partial charge in [-0.2, -0.15) is 4.37 Å². The van der Waals surface area contributed by atoms with Crippen LogP contribution >= 0.6 is 11.7 Å². The molecule has 1 aliphatic rings. The first kappa shape index (κ1) is 28.3. The Morgan fingerprint density at radius 2 is 1.51 bits per heavy atom. The summed E-state index contributed by atoms with van der Waals surface area (Å²) in [5.41, 5.74) is -0.0257. The lowest BCUT2D eigenvalue weighted by Crippen LogP contribution is -2.42. The monoisotopic (exact) mass is 504 g/mol. The Labute approximate surface area is 211 Å². The van der Waals surface area contributed by atoms with Crippen LogP contribution in [0.4, 0.5) is 5.82 Å². The number of phenols is 2. The van der Waals surface area contributed by atoms with Crippen molar-refractivity contribution in [1.29, 1.82) is 0 Å². The van der Waals surface area contributed by atoms with E-state index in [0.717, 1.165) is 30.6 Å². The van der Waals surface area contributed by atoms with Crippen LogP contribution in [0, 0.1) is 0 Å². The Kier molecular flexibility index (Phi) is 12.3. The zero-order chi connectivity index (χ0) is 25.5. The summed E-state index contributed by atoms with van der Waals surface area (Å²) in [6, 6.07) is 17.4. The molecule has 0 aliphatic carbocycles. The summed E-state index contributed by atoms with van der Waals surface area (Å²) < 4.78 is 19.4. The van der Waals surface area contributed by atoms with E-state index < -0.39 is 6.10 Å². The van der Waals surface area contributed by atoms with Crippen molar-refractivity contribution in [2.45, 2.75) is 32.4 Å². The predicted octanol–water partition coefficient (Wildman–Crippen LogP) is 3.29. The van der Waals surface area contributed by atoms with Crippen LogP contribution in [-0.2, 0) is 4.74 Å². The third-order valence-electron chi connectivity index (χ3n) is 4.55. The van der Waals surface area contributed by atoms with Crippen LogP contribution in [0.25, 0.3) is 0 Å². The Bertz CT molecular complexity index is 894. The zero-order valence-corrected chi connectivity index (χ0v) is 21.3. The molecule has 4 N–H and O–H groups in total. The maximum atomic E-state index is 9.95. The highest BCUT2D eigenvalue weighted by molar-refractivity contribution is 6.99. The van der Waals surface area contributed by atoms with Crippen molar-refractivity contribution in [3.63, 3.8) is 0 Å². The fraction of sp³-hybridized carbons (Fsp3) is 0.440. The standard InChI is InChI=1S/C13H24N4O3S.2C6H6O/c1-13(2,3)14-8-10(18)9-20-12-11(15-21-16-12)17-4-6-19-7-5-17;2*7-6-4-2-1-3-5-6/h10,14,18H,4-9H2,1-3H3;2*1-5,7H/t10-;;/m0../s1. The van der Waals surface area contributed by atoms with E-state index in [9.17, 15) is 5.11 Å². The van der Waals surface area contributed by atoms with Gasteiger partial charge in [0.25, 0.3) is 5.88 Å². The van der Waals surface area contributed by atoms with Crippen molar-refractivity contribution in [1.82, 2.24) is 14.1 Å². The second-order valence-corrected chi connectivity index (χ2v) is 9.29. The van der Waals surface area contributed by atoms with Gasteiger partial charge in [-0.25, -0.2) is 0 Å². The average Bonchev–Trinajstić information content (AvgIpc) is 3.32. The van der Waals surface area contributed by atoms with Crippen LogP contribution in [-0.4, -0.2) is 75.2 Å². The SMILES string of the molecule is CC(C)(C)NC[C@H](O)COc1nsnc1N1CCOCC1.Oc1ccccc1.Oc1ccccc1. The lowest BCUT2D eigenvalue weighted by Gasteiger charge is -2.27. The Morgan fingerprint density at radius 3 is 1.97 bits per heavy atom. The van der Waals surface area contributed by atoms with Crippen molar-refractivity contribution < 1.29 is 24.8 Å². The van der Waals surface area contributed by atoms with Gasteiger partial charge in [-0.05, 0) is 45.0 Å². The molecule has 1 aromatic heterocycles. The third kappa shape index (κ3) is 12.4. The van der Waals surface area contributed by atoms with Gasteiger partial charge < -0.3 is 35.0 Å². The normalized spacial score (nSPS) is 14.1. The summed E-state index contributed by atoms with van der Waals surface area (Å²) in [4.78, 5) is 2.10. The number of morpholine rings is 1. The maximum Gasteiger partial charge on any atom is 0.270 e. The molecule has 2 heterocycles. The van der Waals surface area contributed by atoms with Gasteiger partial charge in [0.2, 0.25) is 5.82 Å². The van der Waals surface area contributed by atoms with Crippen LogP contribution in [0.15, 0.2) is 60.7 Å². The zero-order valence-electron chi connectivity index (χ0n) is 20.5. The molecule has 0 amide bonds. The predicted molar refractivity (Wildman–Crippen MR) is 138 cm³/mol. The molecule has 0 spiro atoms. The van der Waals surface area contributed by atoms with Crippen molar-refractivity contribution in [3.05, 3.63) is 60.7 Å². The highest BCUT2D eigenvalue weighted by atomic mass is 32.1. The Hall–Kier alpha value is -2.92. The van der Waals surface area contributed by atoms with Crippen molar-refractivity contribution in [3.8, 4) is 17.4 Å². The van der Waals surface area contributed by atoms with Gasteiger partial charge in [-0.3, -0.25) is 0 Å². The lowest BCUT2D eigenvalue weighted by atomic mass is 10.1. The van der Waals surface area contributed by atoms with E-state index in [1.54, 1.807) is 48.5 Å². The molecule has 1 saturated heterocycles. The Morgan fingerprint density at radius 1 is 0.971 bits per heavy atom. The number of hydrogen-bond donors (Lipinski definition) is 4. The minimum absolute atomic E-state index is 0.0257.